The second-order valence-corrected chi connectivity index (χ2v) is 16.9. The molecule has 0 aromatic heterocycles. The van der Waals surface area contributed by atoms with Crippen molar-refractivity contribution in [2.75, 3.05) is 20.3 Å². The molecule has 0 bridgehead atoms. The molecular formula is C38H50Br2N4O9. The van der Waals surface area contributed by atoms with E-state index in [0.29, 0.717) is 11.1 Å². The fraction of sp³-hybridized carbons (Fsp3) is 0.553. The maximum Gasteiger partial charge on any atom is 0.408 e. The van der Waals surface area contributed by atoms with Gasteiger partial charge in [-0.2, -0.15) is 0 Å². The van der Waals surface area contributed by atoms with Crippen molar-refractivity contribution in [3.05, 3.63) is 68.6 Å². The number of rotatable bonds is 12. The normalized spacial score (nSPS) is 23.9. The van der Waals surface area contributed by atoms with E-state index in [4.69, 9.17) is 18.9 Å². The van der Waals surface area contributed by atoms with Crippen LogP contribution in [0.3, 0.4) is 0 Å². The Morgan fingerprint density at radius 1 is 0.717 bits per heavy atom. The third-order valence-corrected chi connectivity index (χ3v) is 10.4. The molecule has 0 unspecified atom stereocenters. The van der Waals surface area contributed by atoms with Gasteiger partial charge >= 0.3 is 12.1 Å². The predicted octanol–water partition coefficient (Wildman–Crippen LogP) is 5.41. The van der Waals surface area contributed by atoms with Crippen LogP contribution in [0.4, 0.5) is 4.79 Å². The van der Waals surface area contributed by atoms with Crippen molar-refractivity contribution in [3.8, 4) is 0 Å². The molecule has 2 aromatic rings. The summed E-state index contributed by atoms with van der Waals surface area (Å²) >= 11 is 6.87. The maximum absolute atomic E-state index is 14.6. The van der Waals surface area contributed by atoms with Crippen molar-refractivity contribution in [1.29, 1.82) is 0 Å². The molecule has 15 heteroatoms. The van der Waals surface area contributed by atoms with E-state index in [1.807, 2.05) is 0 Å². The van der Waals surface area contributed by atoms with Crippen LogP contribution >= 0.6 is 31.9 Å². The monoisotopic (exact) mass is 864 g/mol. The van der Waals surface area contributed by atoms with Crippen LogP contribution < -0.4 is 21.3 Å². The number of nitrogens with one attached hydrogen (secondary N) is 4. The number of carbonyl (C=O) groups excluding carboxylic acids is 5. The minimum absolute atomic E-state index is 0.0691. The van der Waals surface area contributed by atoms with Gasteiger partial charge in [0.1, 0.15) is 29.9 Å². The average molecular weight is 867 g/mol. The predicted molar refractivity (Wildman–Crippen MR) is 203 cm³/mol. The van der Waals surface area contributed by atoms with Crippen LogP contribution in [-0.2, 0) is 38.1 Å². The maximum atomic E-state index is 14.6. The van der Waals surface area contributed by atoms with E-state index >= 15 is 0 Å². The van der Waals surface area contributed by atoms with Gasteiger partial charge in [0.25, 0.3) is 0 Å². The summed E-state index contributed by atoms with van der Waals surface area (Å²) in [6.45, 7) is 12.4. The first-order chi connectivity index (χ1) is 24.8. The molecule has 2 saturated heterocycles. The van der Waals surface area contributed by atoms with Gasteiger partial charge in [0.15, 0.2) is 11.1 Å². The van der Waals surface area contributed by atoms with Crippen molar-refractivity contribution >= 4 is 61.6 Å². The molecule has 2 heterocycles. The van der Waals surface area contributed by atoms with Crippen molar-refractivity contribution in [2.45, 2.75) is 102 Å². The second-order valence-electron chi connectivity index (χ2n) is 15.1. The molecular weight excluding hydrogens is 816 g/mol. The van der Waals surface area contributed by atoms with Crippen LogP contribution in [0.2, 0.25) is 0 Å². The molecule has 53 heavy (non-hydrogen) atoms. The second kappa shape index (κ2) is 17.3. The fourth-order valence-electron chi connectivity index (χ4n) is 6.58. The highest BCUT2D eigenvalue weighted by Crippen LogP contribution is 2.41. The molecule has 0 aliphatic carbocycles. The first-order valence-corrected chi connectivity index (χ1v) is 19.2. The van der Waals surface area contributed by atoms with Gasteiger partial charge in [-0.15, -0.1) is 0 Å². The Balaban J connectivity index is 1.72. The smallest absolute Gasteiger partial charge is 0.408 e. The summed E-state index contributed by atoms with van der Waals surface area (Å²) < 4.78 is 24.4. The van der Waals surface area contributed by atoms with E-state index in [1.165, 1.54) is 7.11 Å². The van der Waals surface area contributed by atoms with E-state index in [0.717, 1.165) is 8.95 Å². The molecule has 4 N–H and O–H groups in total. The van der Waals surface area contributed by atoms with Crippen LogP contribution in [0.1, 0.15) is 84.6 Å². The van der Waals surface area contributed by atoms with Gasteiger partial charge in [0.2, 0.25) is 17.7 Å². The number of esters is 1. The summed E-state index contributed by atoms with van der Waals surface area (Å²) in [7, 11) is 1.24. The number of carbonyl (C=O) groups is 5. The molecule has 2 aliphatic rings. The lowest BCUT2D eigenvalue weighted by molar-refractivity contribution is -0.148. The van der Waals surface area contributed by atoms with Gasteiger partial charge in [0.05, 0.1) is 20.3 Å². The molecule has 4 amide bonds. The zero-order chi connectivity index (χ0) is 39.3. The van der Waals surface area contributed by atoms with Crippen LogP contribution in [0.25, 0.3) is 0 Å². The molecule has 4 rings (SSSR count). The highest BCUT2D eigenvalue weighted by molar-refractivity contribution is 9.10. The van der Waals surface area contributed by atoms with Crippen LogP contribution in [0.15, 0.2) is 57.5 Å². The van der Waals surface area contributed by atoms with Gasteiger partial charge in [-0.1, -0.05) is 83.8 Å². The zero-order valence-corrected chi connectivity index (χ0v) is 34.5. The summed E-state index contributed by atoms with van der Waals surface area (Å²) in [4.78, 5) is 69.6. The van der Waals surface area contributed by atoms with Gasteiger partial charge < -0.3 is 40.2 Å². The van der Waals surface area contributed by atoms with Crippen LogP contribution in [0.5, 0.6) is 0 Å². The van der Waals surface area contributed by atoms with Crippen LogP contribution in [0, 0.1) is 11.8 Å². The Kier molecular flexibility index (Phi) is 13.8. The summed E-state index contributed by atoms with van der Waals surface area (Å²) in [5.74, 6) is -3.44. The van der Waals surface area contributed by atoms with E-state index < -0.39 is 76.7 Å². The largest absolute Gasteiger partial charge is 0.467 e. The Morgan fingerprint density at radius 2 is 1.13 bits per heavy atom. The lowest BCUT2D eigenvalue weighted by Gasteiger charge is -2.38. The molecule has 2 fully saturated rings. The highest BCUT2D eigenvalue weighted by Gasteiger charge is 2.56. The molecule has 2 aliphatic heterocycles. The molecule has 290 valence electrons. The summed E-state index contributed by atoms with van der Waals surface area (Å²) in [5, 5.41) is 11.5. The molecule has 2 aromatic carbocycles. The van der Waals surface area contributed by atoms with Crippen molar-refractivity contribution in [1.82, 2.24) is 21.3 Å². The average Bonchev–Trinajstić information content (AvgIpc) is 3.70. The number of benzene rings is 2. The third-order valence-electron chi connectivity index (χ3n) is 9.33. The Labute approximate surface area is 327 Å². The molecule has 0 radical (unpaired) electrons. The molecule has 0 saturated carbocycles. The third kappa shape index (κ3) is 9.78. The number of hydrogen-bond donors (Lipinski definition) is 4. The Bertz CT molecular complexity index is 1650. The number of halogens is 2. The topological polar surface area (TPSA) is 170 Å². The van der Waals surface area contributed by atoms with E-state index in [1.54, 1.807) is 97.0 Å². The van der Waals surface area contributed by atoms with E-state index in [-0.39, 0.29) is 32.0 Å². The summed E-state index contributed by atoms with van der Waals surface area (Å²) in [5.41, 5.74) is -2.97. The summed E-state index contributed by atoms with van der Waals surface area (Å²) in [6, 6.07) is 12.1. The van der Waals surface area contributed by atoms with E-state index in [2.05, 4.69) is 53.1 Å². The number of amides is 4. The number of hydrogen-bond acceptors (Lipinski definition) is 9. The fourth-order valence-corrected chi connectivity index (χ4v) is 7.11. The standard InChI is InChI=1S/C38H50Br2N4O9/c1-21(2)27(41-34(48)38(44-35(49)53-36(5,6)7)18-20-52-30(38)24-11-15-26(40)16-12-24)31(45)43-37(33(47)42-28(22(3)4)32(46)50-8)17-19-51-29(37)23-9-13-25(39)14-10-23/h9-16,21-22,27-30H,17-20H2,1-8H3,(H,41,48)(H,42,47)(H,43,45)(H,44,49)/t27-,28-,29+,30-,37-,38+/m0/s1. The minimum Gasteiger partial charge on any atom is -0.467 e. The van der Waals surface area contributed by atoms with Gasteiger partial charge in [-0.05, 0) is 68.0 Å². The summed E-state index contributed by atoms with van der Waals surface area (Å²) in [6.07, 6.45) is -2.54. The Hall–Kier alpha value is -3.53. The Morgan fingerprint density at radius 3 is 1.53 bits per heavy atom. The lowest BCUT2D eigenvalue weighted by atomic mass is 9.83. The number of ether oxygens (including phenoxy) is 4. The van der Waals surface area contributed by atoms with Crippen LogP contribution in [-0.4, -0.2) is 78.9 Å². The van der Waals surface area contributed by atoms with Crippen molar-refractivity contribution in [3.63, 3.8) is 0 Å². The number of alkyl carbamates (subject to hydrolysis) is 1. The first kappa shape index (κ1) is 42.2. The van der Waals surface area contributed by atoms with Crippen molar-refractivity contribution in [2.24, 2.45) is 11.8 Å². The number of methoxy groups -OCH3 is 1. The molecule has 0 spiro atoms. The molecule has 13 nitrogen and oxygen atoms in total. The first-order valence-electron chi connectivity index (χ1n) is 17.6. The van der Waals surface area contributed by atoms with Gasteiger partial charge in [0, 0.05) is 21.8 Å². The SMILES string of the molecule is COC(=O)[C@@H](NC(=O)[C@]1(NC(=O)[C@@H](NC(=O)[C@@]2(NC(=O)OC(C)(C)C)CCO[C@H]2c2ccc(Br)cc2)C(C)C)CCO[C@@H]1c1ccc(Br)cc1)C(C)C. The molecule has 6 atom stereocenters. The highest BCUT2D eigenvalue weighted by atomic mass is 79.9. The van der Waals surface area contributed by atoms with Crippen molar-refractivity contribution < 1.29 is 42.9 Å². The lowest BCUT2D eigenvalue weighted by Crippen LogP contribution is -2.68. The van der Waals surface area contributed by atoms with Gasteiger partial charge in [-0.25, -0.2) is 9.59 Å². The van der Waals surface area contributed by atoms with E-state index in [9.17, 15) is 24.0 Å². The van der Waals surface area contributed by atoms with Gasteiger partial charge in [-0.3, -0.25) is 14.4 Å². The minimum atomic E-state index is -1.69. The zero-order valence-electron chi connectivity index (χ0n) is 31.3. The quantitative estimate of drug-likeness (QED) is 0.204.